The van der Waals surface area contributed by atoms with Gasteiger partial charge in [-0.05, 0) is 405 Å². The van der Waals surface area contributed by atoms with Crippen LogP contribution in [0, 0.1) is 31.3 Å². The quantitative estimate of drug-likeness (QED) is 0.0298. The van der Waals surface area contributed by atoms with E-state index in [1.54, 1.807) is 0 Å². The molecule has 0 amide bonds. The Morgan fingerprint density at radius 2 is 0.420 bits per heavy atom. The van der Waals surface area contributed by atoms with E-state index in [4.69, 9.17) is 0 Å². The number of hydrogen-bond donors (Lipinski definition) is 2. The number of anilines is 10. The van der Waals surface area contributed by atoms with Gasteiger partial charge < -0.3 is 20.4 Å². The van der Waals surface area contributed by atoms with Crippen molar-refractivity contribution in [2.45, 2.75) is 184 Å². The van der Waals surface area contributed by atoms with Gasteiger partial charge in [-0.3, -0.25) is 0 Å². The molecule has 17 aromatic rings. The lowest BCUT2D eigenvalue weighted by atomic mass is 9.86. The first-order valence-electron chi connectivity index (χ1n) is 50.0. The van der Waals surface area contributed by atoms with Gasteiger partial charge in [0, 0.05) is 73.9 Å². The number of aryl methyl sites for hydroxylation is 8. The lowest BCUT2D eigenvalue weighted by Crippen LogP contribution is -2.10. The summed E-state index contributed by atoms with van der Waals surface area (Å²) in [6.45, 7) is 18.0. The number of hydrogen-bond acceptors (Lipinski definition) is 4. The number of rotatable bonds is 38. The first-order chi connectivity index (χ1) is 67.5. The second kappa shape index (κ2) is 51.1. The fourth-order valence-electron chi connectivity index (χ4n) is 19.0. The van der Waals surface area contributed by atoms with Gasteiger partial charge in [0.15, 0.2) is 0 Å². The van der Waals surface area contributed by atoms with Crippen molar-refractivity contribution >= 4 is 127 Å². The molecule has 4 nitrogen and oxygen atoms in total. The minimum atomic E-state index is 1.05. The monoisotopic (exact) mass is 2110 g/mol. The number of unbranched alkanes of at least 4 members (excludes halogenated alkanes) is 12. The van der Waals surface area contributed by atoms with E-state index in [0.717, 1.165) is 96.0 Å². The third kappa shape index (κ3) is 27.4. The van der Waals surface area contributed by atoms with Gasteiger partial charge in [-0.1, -0.05) is 371 Å². The molecule has 0 aliphatic carbocycles. The molecule has 0 saturated carbocycles. The highest BCUT2D eigenvalue weighted by molar-refractivity contribution is 14.1. The third-order valence-electron chi connectivity index (χ3n) is 26.4. The van der Waals surface area contributed by atoms with Gasteiger partial charge in [0.05, 0.1) is 0 Å². The molecular weight excluding hydrogens is 1980 g/mol. The zero-order valence-electron chi connectivity index (χ0n) is 81.5. The smallest absolute Gasteiger partial charge is 0.0464 e. The van der Waals surface area contributed by atoms with Crippen molar-refractivity contribution in [1.82, 2.24) is 0 Å². The highest BCUT2D eigenvalue weighted by Gasteiger charge is 2.23. The number of nitrogens with one attached hydrogen (secondary N) is 2. The van der Waals surface area contributed by atoms with Gasteiger partial charge in [-0.25, -0.2) is 0 Å². The molecule has 0 fully saturated rings. The summed E-state index contributed by atoms with van der Waals surface area (Å²) in [4.78, 5) is 4.77. The van der Waals surface area contributed by atoms with Crippen molar-refractivity contribution < 1.29 is 0 Å². The molecule has 17 aromatic carbocycles. The van der Waals surface area contributed by atoms with Crippen molar-refractivity contribution in [3.05, 3.63) is 450 Å². The van der Waals surface area contributed by atoms with Gasteiger partial charge in [0.1, 0.15) is 0 Å². The second-order valence-electron chi connectivity index (χ2n) is 36.7. The van der Waals surface area contributed by atoms with Crippen LogP contribution in [0.3, 0.4) is 0 Å². The molecule has 0 aromatic heterocycles. The molecule has 2 N–H and O–H groups in total. The number of nitrogens with zero attached hydrogens (tertiary/aromatic N) is 2. The molecule has 138 heavy (non-hydrogen) atoms. The van der Waals surface area contributed by atoms with Gasteiger partial charge in [0.25, 0.3) is 0 Å². The molecule has 0 heterocycles. The predicted octanol–water partition coefficient (Wildman–Crippen LogP) is 41.4. The summed E-state index contributed by atoms with van der Waals surface area (Å²) in [6, 6.07) is 142. The summed E-state index contributed by atoms with van der Waals surface area (Å²) < 4.78 is 4.54. The van der Waals surface area contributed by atoms with Crippen LogP contribution in [0.4, 0.5) is 56.9 Å². The van der Waals surface area contributed by atoms with Crippen LogP contribution in [0.2, 0.25) is 0 Å². The van der Waals surface area contributed by atoms with E-state index in [9.17, 15) is 0 Å². The Hall–Kier alpha value is -11.9. The zero-order chi connectivity index (χ0) is 95.9. The average molecular weight is 2120 g/mol. The number of benzene rings is 17. The van der Waals surface area contributed by atoms with E-state index in [1.807, 2.05) is 12.1 Å². The van der Waals surface area contributed by atoms with Crippen LogP contribution in [-0.2, 0) is 25.7 Å². The summed E-state index contributed by atoms with van der Waals surface area (Å²) in [5.74, 6) is 0. The molecule has 0 aliphatic rings. The Bertz CT molecular complexity index is 6300. The molecule has 0 unspecified atom stereocenters. The summed E-state index contributed by atoms with van der Waals surface area (Å²) in [5, 5.41) is 7.35. The van der Waals surface area contributed by atoms with Gasteiger partial charge in [-0.2, -0.15) is 0 Å². The molecule has 0 bridgehead atoms. The van der Waals surface area contributed by atoms with Crippen LogP contribution >= 0.6 is 70.4 Å². The highest BCUT2D eigenvalue weighted by atomic mass is 127. The molecule has 698 valence electrons. The maximum absolute atomic E-state index is 3.69. The van der Waals surface area contributed by atoms with Crippen molar-refractivity contribution in [2.24, 2.45) is 0 Å². The molecule has 0 saturated heterocycles. The summed E-state index contributed by atoms with van der Waals surface area (Å²) in [6.07, 6.45) is 24.1. The van der Waals surface area contributed by atoms with Crippen molar-refractivity contribution in [1.29, 1.82) is 0 Å². The third-order valence-corrected chi connectivity index (χ3v) is 28.7. The standard InChI is InChI=1S/C68H66Br2N2.C56H60N2.C6H4BrI/c1-5-7-9-13-23-55-47-68(54-27-35-60(36-28-54)72(62-39-31-58(70)32-40-62)64-42-44-66(50(4)46-64)52-21-17-12-18-22-52)56(24-14-10-8-6-2)48-67(55)53-25-33-59(34-26-53)71(61-37-29-57(69)30-38-61)63-41-43-65(49(3)45-63)51-19-15-11-16-20-51;1-5-7-9-13-23-47-39-56(46-27-31-50(32-28-46)58-52-34-36-54(42(4)38-52)44-21-17-12-18-22-44)48(24-14-10-8-6-2)40-55(47)45-25-29-49(30-26-45)57-51-33-35-53(41(3)37-51)43-19-15-11-16-20-43;7-5-1-3-6(8)4-2-5/h11-12,15-22,25-48H,5-10,13-14,23-24H2,1-4H3;11-12,15-22,25-40,57-58H,5-10,13-14,23-24H2,1-4H3;1-4H. The molecule has 0 aliphatic heterocycles. The Balaban J connectivity index is 0.000000197. The van der Waals surface area contributed by atoms with Crippen LogP contribution < -0.4 is 20.4 Å². The Morgan fingerprint density at radius 1 is 0.203 bits per heavy atom. The fourth-order valence-corrected chi connectivity index (χ4v) is 20.1. The largest absolute Gasteiger partial charge is 0.356 e. The zero-order valence-corrected chi connectivity index (χ0v) is 88.4. The first kappa shape index (κ1) is 101. The Labute approximate surface area is 862 Å². The lowest BCUT2D eigenvalue weighted by Gasteiger charge is -2.27. The van der Waals surface area contributed by atoms with Crippen molar-refractivity contribution in [3.8, 4) is 89.0 Å². The lowest BCUT2D eigenvalue weighted by molar-refractivity contribution is 0.664. The molecule has 0 radical (unpaired) electrons. The maximum atomic E-state index is 3.69. The summed E-state index contributed by atoms with van der Waals surface area (Å²) in [5.41, 5.74) is 42.6. The minimum absolute atomic E-state index is 1.05. The van der Waals surface area contributed by atoms with E-state index < -0.39 is 0 Å². The molecule has 0 spiro atoms. The van der Waals surface area contributed by atoms with Gasteiger partial charge in [0.2, 0.25) is 0 Å². The van der Waals surface area contributed by atoms with E-state index in [-0.39, 0.29) is 0 Å². The second-order valence-corrected chi connectivity index (χ2v) is 40.6. The minimum Gasteiger partial charge on any atom is -0.356 e. The van der Waals surface area contributed by atoms with E-state index >= 15 is 0 Å². The Kier molecular flexibility index (Phi) is 37.3. The molecule has 17 rings (SSSR count). The first-order valence-corrected chi connectivity index (χ1v) is 53.5. The highest BCUT2D eigenvalue weighted by Crippen LogP contribution is 2.45. The Morgan fingerprint density at radius 3 is 0.667 bits per heavy atom. The van der Waals surface area contributed by atoms with Crippen LogP contribution in [0.15, 0.2) is 402 Å². The average Bonchev–Trinajstić information content (AvgIpc) is 0.745. The van der Waals surface area contributed by atoms with Crippen LogP contribution in [-0.4, -0.2) is 0 Å². The van der Waals surface area contributed by atoms with Gasteiger partial charge in [-0.15, -0.1) is 0 Å². The maximum Gasteiger partial charge on any atom is 0.0464 e. The van der Waals surface area contributed by atoms with Crippen LogP contribution in [0.1, 0.15) is 175 Å². The van der Waals surface area contributed by atoms with Crippen molar-refractivity contribution in [3.63, 3.8) is 0 Å². The van der Waals surface area contributed by atoms with Gasteiger partial charge >= 0.3 is 0 Å². The molecule has 0 atom stereocenters. The van der Waals surface area contributed by atoms with Crippen molar-refractivity contribution in [2.75, 3.05) is 20.4 Å². The number of halogens is 4. The van der Waals surface area contributed by atoms with E-state index in [1.165, 1.54) is 240 Å². The predicted molar refractivity (Wildman–Crippen MR) is 618 cm³/mol. The van der Waals surface area contributed by atoms with Crippen LogP contribution in [0.5, 0.6) is 0 Å². The summed E-state index contributed by atoms with van der Waals surface area (Å²) >= 11 is 13.0. The topological polar surface area (TPSA) is 30.5 Å². The van der Waals surface area contributed by atoms with Crippen LogP contribution in [0.25, 0.3) is 89.0 Å². The van der Waals surface area contributed by atoms with E-state index in [2.05, 4.69) is 522 Å². The molecule has 8 heteroatoms. The fraction of sp³-hybridized carbons (Fsp3) is 0.215. The normalized spacial score (nSPS) is 11.0. The van der Waals surface area contributed by atoms with E-state index in [0.29, 0.717) is 0 Å². The molecular formula is C130H130Br3IN4. The summed E-state index contributed by atoms with van der Waals surface area (Å²) in [7, 11) is 0. The SMILES string of the molecule is Brc1ccc(I)cc1.CCCCCCc1cc(-c2ccc(N(c3ccc(Br)cc3)c3ccc(-c4ccccc4)c(C)c3)cc2)c(CCCCCC)cc1-c1ccc(N(c2ccc(Br)cc2)c2ccc(-c3ccccc3)c(C)c2)cc1.CCCCCCc1cc(-c2ccc(Nc3ccc(-c4ccccc4)c(C)c3)cc2)c(CCCCCC)cc1-c1ccc(Nc2ccc(-c3ccccc3)c(C)c2)cc1.